The van der Waals surface area contributed by atoms with Gasteiger partial charge in [0.25, 0.3) is 0 Å². The number of rotatable bonds is 1. The Morgan fingerprint density at radius 3 is 2.33 bits per heavy atom. The fourth-order valence-electron chi connectivity index (χ4n) is 0.481. The second-order valence-corrected chi connectivity index (χ2v) is 1.50. The van der Waals surface area contributed by atoms with Gasteiger partial charge in [-0.1, -0.05) is 0 Å². The molecule has 0 radical (unpaired) electrons. The minimum absolute atomic E-state index is 0.220. The Morgan fingerprint density at radius 1 is 1.67 bits per heavy atom. The zero-order chi connectivity index (χ0) is 7.02. The summed E-state index contributed by atoms with van der Waals surface area (Å²) in [5.74, 6) is -1.31. The first-order valence-corrected chi connectivity index (χ1v) is 2.11. The topological polar surface area (TPSA) is 78.2 Å². The van der Waals surface area contributed by atoms with E-state index in [1.165, 1.54) is 6.07 Å². The number of nitrogens with zero attached hydrogens (tertiary/aromatic N) is 1. The Bertz CT molecular complexity index is 311. The monoisotopic (exact) mass is 123 g/mol. The fraction of sp³-hybridized carbons (Fsp3) is 0. The van der Waals surface area contributed by atoms with Crippen LogP contribution < -0.4 is 5.43 Å². The minimum Gasteiger partial charge on any atom is -0.478 e. The second kappa shape index (κ2) is 1.42. The average molecular weight is 123 g/mol. The smallest absolute Gasteiger partial charge is 0.341 e. The molecule has 1 aromatic rings. The summed E-state index contributed by atoms with van der Waals surface area (Å²) >= 11 is 0. The number of carbonyl (C=O) groups is 1. The van der Waals surface area contributed by atoms with Gasteiger partial charge in [0, 0.05) is 0 Å². The molecule has 0 amide bonds. The van der Waals surface area contributed by atoms with Crippen LogP contribution in [-0.4, -0.2) is 11.1 Å². The van der Waals surface area contributed by atoms with Crippen molar-refractivity contribution in [2.45, 2.75) is 0 Å². The molecule has 0 fully saturated rings. The molecule has 0 bridgehead atoms. The van der Waals surface area contributed by atoms with E-state index in [4.69, 9.17) is 10.4 Å². The van der Waals surface area contributed by atoms with E-state index in [1.54, 1.807) is 0 Å². The summed E-state index contributed by atoms with van der Waals surface area (Å²) < 4.78 is 0. The maximum absolute atomic E-state index is 10.2. The Labute approximate surface area is 49.6 Å². The third-order valence-electron chi connectivity index (χ3n) is 0.967. The highest BCUT2D eigenvalue weighted by molar-refractivity contribution is 5.95. The predicted molar refractivity (Wildman–Crippen MR) is 26.8 cm³/mol. The molecule has 1 N–H and O–H groups in total. The Balaban J connectivity index is 3.05. The Hall–Kier alpha value is -1.63. The summed E-state index contributed by atoms with van der Waals surface area (Å²) in [6, 6.07) is 1.47. The summed E-state index contributed by atoms with van der Waals surface area (Å²) in [6.45, 7) is 0. The van der Waals surface area contributed by atoms with Gasteiger partial charge in [0.2, 0.25) is 5.43 Å². The third-order valence-corrected chi connectivity index (χ3v) is 0.967. The van der Waals surface area contributed by atoms with E-state index in [9.17, 15) is 9.59 Å². The molecule has 0 aromatic heterocycles. The normalized spacial score (nSPS) is 9.22. The first kappa shape index (κ1) is 5.51. The molecular weight excluding hydrogens is 122 g/mol. The first-order valence-electron chi connectivity index (χ1n) is 2.11. The van der Waals surface area contributed by atoms with Crippen molar-refractivity contribution in [3.8, 4) is 6.07 Å². The van der Waals surface area contributed by atoms with Gasteiger partial charge in [-0.3, -0.25) is 4.79 Å². The van der Waals surface area contributed by atoms with Crippen LogP contribution >= 0.6 is 0 Å². The number of carboxylic acids is 1. The van der Waals surface area contributed by atoms with E-state index in [0.717, 1.165) is 0 Å². The molecule has 0 spiro atoms. The zero-order valence-corrected chi connectivity index (χ0v) is 4.21. The summed E-state index contributed by atoms with van der Waals surface area (Å²) in [6.07, 6.45) is 0. The van der Waals surface area contributed by atoms with Gasteiger partial charge in [-0.2, -0.15) is 5.26 Å². The summed E-state index contributed by atoms with van der Waals surface area (Å²) in [5, 5.41) is 16.1. The molecule has 0 unspecified atom stereocenters. The molecule has 9 heavy (non-hydrogen) atoms. The molecular formula is C5HNO3. The highest BCUT2D eigenvalue weighted by Crippen LogP contribution is 2.04. The van der Waals surface area contributed by atoms with Crippen LogP contribution in [0.15, 0.2) is 4.79 Å². The lowest BCUT2D eigenvalue weighted by molar-refractivity contribution is 0.0701. The number of hydrogen-bond donors (Lipinski definition) is 1. The highest BCUT2D eigenvalue weighted by atomic mass is 16.4. The van der Waals surface area contributed by atoms with Crippen LogP contribution in [0.3, 0.4) is 0 Å². The van der Waals surface area contributed by atoms with Crippen LogP contribution in [0.1, 0.15) is 15.9 Å². The van der Waals surface area contributed by atoms with Crippen LogP contribution in [-0.2, 0) is 0 Å². The SMILES string of the molecule is N#Cc1c(C(=O)O)c1=O. The molecule has 0 aliphatic rings. The van der Waals surface area contributed by atoms with Crippen molar-refractivity contribution in [3.05, 3.63) is 21.4 Å². The van der Waals surface area contributed by atoms with Gasteiger partial charge in [0.05, 0.1) is 0 Å². The minimum atomic E-state index is -1.31. The van der Waals surface area contributed by atoms with Gasteiger partial charge in [0.15, 0.2) is 0 Å². The quantitative estimate of drug-likeness (QED) is 0.545. The molecule has 1 rings (SSSR count). The van der Waals surface area contributed by atoms with Crippen LogP contribution in [0, 0.1) is 11.3 Å². The van der Waals surface area contributed by atoms with Crippen LogP contribution in [0.25, 0.3) is 0 Å². The van der Waals surface area contributed by atoms with Gasteiger partial charge >= 0.3 is 5.97 Å². The maximum Gasteiger partial charge on any atom is 0.341 e. The third kappa shape index (κ3) is 0.589. The summed E-state index contributed by atoms with van der Waals surface area (Å²) in [5.41, 5.74) is -1.22. The van der Waals surface area contributed by atoms with Gasteiger partial charge in [-0.25, -0.2) is 4.79 Å². The lowest BCUT2D eigenvalue weighted by Crippen LogP contribution is -1.92. The van der Waals surface area contributed by atoms with Crippen molar-refractivity contribution < 1.29 is 9.90 Å². The summed E-state index contributed by atoms with van der Waals surface area (Å²) in [7, 11) is 0. The lowest BCUT2D eigenvalue weighted by Gasteiger charge is -1.68. The van der Waals surface area contributed by atoms with Crippen molar-refractivity contribution >= 4 is 5.97 Å². The average Bonchev–Trinajstić information content (AvgIpc) is 2.40. The largest absolute Gasteiger partial charge is 0.478 e. The molecule has 0 heterocycles. The number of hydrogen-bond acceptors (Lipinski definition) is 3. The van der Waals surface area contributed by atoms with Crippen molar-refractivity contribution in [1.82, 2.24) is 0 Å². The molecule has 0 saturated heterocycles. The van der Waals surface area contributed by atoms with Crippen molar-refractivity contribution in [1.29, 1.82) is 5.26 Å². The van der Waals surface area contributed by atoms with E-state index < -0.39 is 11.4 Å². The molecule has 0 aliphatic heterocycles. The number of carboxylic acid groups (broad SMARTS) is 1. The Kier molecular flexibility index (Phi) is 0.869. The van der Waals surface area contributed by atoms with E-state index in [0.29, 0.717) is 0 Å². The fourth-order valence-corrected chi connectivity index (χ4v) is 0.481. The number of nitriles is 1. The van der Waals surface area contributed by atoms with Crippen molar-refractivity contribution in [2.75, 3.05) is 0 Å². The van der Waals surface area contributed by atoms with Gasteiger partial charge in [0.1, 0.15) is 17.2 Å². The molecule has 0 saturated carbocycles. The number of aromatic carboxylic acids is 1. The zero-order valence-electron chi connectivity index (χ0n) is 4.21. The Morgan fingerprint density at radius 2 is 2.22 bits per heavy atom. The van der Waals surface area contributed by atoms with E-state index in [-0.39, 0.29) is 11.1 Å². The highest BCUT2D eigenvalue weighted by Gasteiger charge is 2.28. The molecule has 4 heteroatoms. The maximum atomic E-state index is 10.2. The first-order chi connectivity index (χ1) is 4.18. The standard InChI is InChI=1S/C5HNO3/c6-1-2-3(4(2)7)5(8)9/h(H,8,9). The van der Waals surface area contributed by atoms with Gasteiger partial charge in [-0.15, -0.1) is 0 Å². The van der Waals surface area contributed by atoms with Gasteiger partial charge < -0.3 is 5.11 Å². The van der Waals surface area contributed by atoms with E-state index in [2.05, 4.69) is 0 Å². The predicted octanol–water partition coefficient (Wildman–Crippen LogP) is -0.508. The van der Waals surface area contributed by atoms with Crippen LogP contribution in [0.4, 0.5) is 0 Å². The summed E-state index contributed by atoms with van der Waals surface area (Å²) in [4.78, 5) is 20.1. The molecule has 4 nitrogen and oxygen atoms in total. The molecule has 44 valence electrons. The van der Waals surface area contributed by atoms with Crippen LogP contribution in [0.2, 0.25) is 0 Å². The molecule has 0 aliphatic carbocycles. The molecule has 1 aromatic carbocycles. The lowest BCUT2D eigenvalue weighted by atomic mass is 10.5. The van der Waals surface area contributed by atoms with E-state index >= 15 is 0 Å². The molecule has 0 atom stereocenters. The second-order valence-electron chi connectivity index (χ2n) is 1.50. The van der Waals surface area contributed by atoms with E-state index in [1.807, 2.05) is 0 Å². The van der Waals surface area contributed by atoms with Crippen molar-refractivity contribution in [3.63, 3.8) is 0 Å². The van der Waals surface area contributed by atoms with Crippen LogP contribution in [0.5, 0.6) is 0 Å². The van der Waals surface area contributed by atoms with Crippen molar-refractivity contribution in [2.24, 2.45) is 0 Å². The van der Waals surface area contributed by atoms with Gasteiger partial charge in [-0.05, 0) is 0 Å².